The molecule has 0 unspecified atom stereocenters. The van der Waals surface area contributed by atoms with Gasteiger partial charge in [-0.2, -0.15) is 0 Å². The minimum Gasteiger partial charge on any atom is -0.313 e. The second kappa shape index (κ2) is 9.01. The summed E-state index contributed by atoms with van der Waals surface area (Å²) in [5.74, 6) is 0.425. The maximum absolute atomic E-state index is 12.6. The molecule has 0 amide bonds. The molecule has 2 aromatic rings. The summed E-state index contributed by atoms with van der Waals surface area (Å²) in [5.41, 5.74) is 1.91. The van der Waals surface area contributed by atoms with Gasteiger partial charge in [0.1, 0.15) is 5.78 Å². The highest BCUT2D eigenvalue weighted by Crippen LogP contribution is 2.22. The Hall–Kier alpha value is -1.99. The van der Waals surface area contributed by atoms with Crippen LogP contribution in [0, 0.1) is 5.92 Å². The molecule has 1 aliphatic heterocycles. The van der Waals surface area contributed by atoms with Crippen molar-refractivity contribution < 1.29 is 13.2 Å². The molecule has 1 atom stereocenters. The second-order valence-electron chi connectivity index (χ2n) is 7.40. The van der Waals surface area contributed by atoms with Gasteiger partial charge in [0.2, 0.25) is 15.0 Å². The van der Waals surface area contributed by atoms with Gasteiger partial charge in [-0.05, 0) is 24.9 Å². The van der Waals surface area contributed by atoms with Crippen LogP contribution in [0.15, 0.2) is 41.7 Å². The highest BCUT2D eigenvalue weighted by molar-refractivity contribution is 7.91. The van der Waals surface area contributed by atoms with Crippen LogP contribution in [-0.2, 0) is 27.7 Å². The Morgan fingerprint density at radius 1 is 1.18 bits per heavy atom. The Morgan fingerprint density at radius 2 is 1.93 bits per heavy atom. The van der Waals surface area contributed by atoms with E-state index in [0.29, 0.717) is 25.3 Å². The molecule has 1 fully saturated rings. The Labute approximate surface area is 167 Å². The molecule has 28 heavy (non-hydrogen) atoms. The number of ketones is 1. The van der Waals surface area contributed by atoms with Crippen molar-refractivity contribution in [2.45, 2.75) is 51.4 Å². The van der Waals surface area contributed by atoms with Gasteiger partial charge in [-0.3, -0.25) is 9.69 Å². The van der Waals surface area contributed by atoms with Crippen molar-refractivity contribution in [3.8, 4) is 0 Å². The van der Waals surface area contributed by atoms with Crippen LogP contribution in [0.2, 0.25) is 0 Å². The lowest BCUT2D eigenvalue weighted by molar-refractivity contribution is -0.124. The molecule has 0 spiro atoms. The average Bonchev–Trinajstić information content (AvgIpc) is 3.11. The van der Waals surface area contributed by atoms with Crippen LogP contribution < -0.4 is 0 Å². The molecule has 6 nitrogen and oxygen atoms in total. The lowest BCUT2D eigenvalue weighted by Crippen LogP contribution is -2.38. The molecule has 3 rings (SSSR count). The summed E-state index contributed by atoms with van der Waals surface area (Å²) < 4.78 is 26.9. The van der Waals surface area contributed by atoms with Crippen molar-refractivity contribution in [1.82, 2.24) is 14.5 Å². The van der Waals surface area contributed by atoms with E-state index in [1.54, 1.807) is 13.1 Å². The van der Waals surface area contributed by atoms with Crippen molar-refractivity contribution in [2.24, 2.45) is 5.92 Å². The first-order valence-corrected chi connectivity index (χ1v) is 11.7. The summed E-state index contributed by atoms with van der Waals surface area (Å²) in [6.07, 6.45) is 4.19. The van der Waals surface area contributed by atoms with E-state index < -0.39 is 9.84 Å². The minimum atomic E-state index is -3.42. The Balaban J connectivity index is 1.87. The first-order chi connectivity index (χ1) is 13.4. The zero-order chi connectivity index (χ0) is 20.1. The molecule has 1 saturated heterocycles. The molecule has 1 aromatic carbocycles. The molecule has 1 aliphatic rings. The van der Waals surface area contributed by atoms with Crippen molar-refractivity contribution in [2.75, 3.05) is 18.8 Å². The van der Waals surface area contributed by atoms with E-state index >= 15 is 0 Å². The van der Waals surface area contributed by atoms with Gasteiger partial charge in [-0.15, -0.1) is 0 Å². The van der Waals surface area contributed by atoms with E-state index in [4.69, 9.17) is 0 Å². The highest BCUT2D eigenvalue weighted by Gasteiger charge is 2.27. The van der Waals surface area contributed by atoms with Crippen LogP contribution in [0.3, 0.4) is 0 Å². The number of benzene rings is 1. The van der Waals surface area contributed by atoms with Crippen LogP contribution in [0.1, 0.15) is 44.4 Å². The standard InChI is InChI=1S/C21H29N3O3S/c1-3-20(25)18-11-8-12-23(15-18)16-19-13-22-21(28(26,27)4-2)24(19)14-17-9-6-5-7-10-17/h5-7,9-10,13,18H,3-4,8,11-12,14-16H2,1-2H3/t18-/m1/s1. The predicted octanol–water partition coefficient (Wildman–Crippen LogP) is 2.92. The smallest absolute Gasteiger partial charge is 0.228 e. The minimum absolute atomic E-state index is 0.0229. The Bertz CT molecular complexity index is 906. The van der Waals surface area contributed by atoms with Gasteiger partial charge in [-0.25, -0.2) is 13.4 Å². The van der Waals surface area contributed by atoms with Crippen molar-refractivity contribution in [3.05, 3.63) is 47.8 Å². The molecule has 0 N–H and O–H groups in total. The maximum atomic E-state index is 12.6. The molecule has 152 valence electrons. The van der Waals surface area contributed by atoms with Gasteiger partial charge >= 0.3 is 0 Å². The number of Topliss-reactive ketones (excluding diaryl/α,β-unsaturated/α-hetero) is 1. The topological polar surface area (TPSA) is 72.3 Å². The Kier molecular flexibility index (Phi) is 6.67. The number of imidazole rings is 1. The molecule has 0 radical (unpaired) electrons. The summed E-state index contributed by atoms with van der Waals surface area (Å²) >= 11 is 0. The van der Waals surface area contributed by atoms with Crippen LogP contribution in [0.4, 0.5) is 0 Å². The molecule has 1 aromatic heterocycles. The second-order valence-corrected chi connectivity index (χ2v) is 9.57. The maximum Gasteiger partial charge on any atom is 0.228 e. The Morgan fingerprint density at radius 3 is 2.61 bits per heavy atom. The number of hydrogen-bond acceptors (Lipinski definition) is 5. The summed E-state index contributed by atoms with van der Waals surface area (Å²) in [5, 5.41) is 0.132. The molecular formula is C21H29N3O3S. The fourth-order valence-electron chi connectivity index (χ4n) is 3.81. The number of likely N-dealkylation sites (tertiary alicyclic amines) is 1. The van der Waals surface area contributed by atoms with Crippen LogP contribution >= 0.6 is 0 Å². The monoisotopic (exact) mass is 403 g/mol. The highest BCUT2D eigenvalue weighted by atomic mass is 32.2. The summed E-state index contributed by atoms with van der Waals surface area (Å²) in [6, 6.07) is 9.82. The summed E-state index contributed by atoms with van der Waals surface area (Å²) in [6.45, 7) is 6.28. The van der Waals surface area contributed by atoms with Crippen LogP contribution in [0.25, 0.3) is 0 Å². The lowest BCUT2D eigenvalue weighted by Gasteiger charge is -2.32. The SMILES string of the molecule is CCC(=O)[C@@H]1CCCN(Cc2cnc(S(=O)(=O)CC)n2Cc2ccccc2)C1. The number of hydrogen-bond donors (Lipinski definition) is 0. The molecule has 7 heteroatoms. The molecule has 0 saturated carbocycles. The lowest BCUT2D eigenvalue weighted by atomic mass is 9.92. The number of carbonyl (C=O) groups excluding carboxylic acids is 1. The zero-order valence-electron chi connectivity index (χ0n) is 16.7. The molecule has 0 aliphatic carbocycles. The van der Waals surface area contributed by atoms with E-state index in [1.165, 1.54) is 0 Å². The van der Waals surface area contributed by atoms with Crippen molar-refractivity contribution in [1.29, 1.82) is 0 Å². The fraction of sp³-hybridized carbons (Fsp3) is 0.524. The van der Waals surface area contributed by atoms with Gasteiger partial charge in [0.15, 0.2) is 0 Å². The van der Waals surface area contributed by atoms with Crippen LogP contribution in [0.5, 0.6) is 0 Å². The van der Waals surface area contributed by atoms with Crippen molar-refractivity contribution in [3.63, 3.8) is 0 Å². The third-order valence-corrected chi connectivity index (χ3v) is 7.08. The van der Waals surface area contributed by atoms with Gasteiger partial charge in [0.25, 0.3) is 0 Å². The number of nitrogens with zero attached hydrogens (tertiary/aromatic N) is 3. The van der Waals surface area contributed by atoms with E-state index in [-0.39, 0.29) is 16.8 Å². The van der Waals surface area contributed by atoms with E-state index in [2.05, 4.69) is 9.88 Å². The first kappa shape index (κ1) is 20.7. The number of rotatable bonds is 8. The van der Waals surface area contributed by atoms with E-state index in [0.717, 1.165) is 37.2 Å². The number of sulfone groups is 1. The van der Waals surface area contributed by atoms with Gasteiger partial charge in [0, 0.05) is 25.4 Å². The van der Waals surface area contributed by atoms with Gasteiger partial charge < -0.3 is 4.57 Å². The summed E-state index contributed by atoms with van der Waals surface area (Å²) in [7, 11) is -3.42. The van der Waals surface area contributed by atoms with Crippen LogP contribution in [-0.4, -0.2) is 47.5 Å². The third kappa shape index (κ3) is 4.70. The fourth-order valence-corrected chi connectivity index (χ4v) is 4.80. The van der Waals surface area contributed by atoms with E-state index in [1.807, 2.05) is 41.8 Å². The average molecular weight is 404 g/mol. The predicted molar refractivity (Wildman–Crippen MR) is 109 cm³/mol. The van der Waals surface area contributed by atoms with E-state index in [9.17, 15) is 13.2 Å². The normalized spacial score (nSPS) is 18.3. The number of carbonyl (C=O) groups is 1. The molecule has 2 heterocycles. The molecular weight excluding hydrogens is 374 g/mol. The van der Waals surface area contributed by atoms with Gasteiger partial charge in [0.05, 0.1) is 24.2 Å². The van der Waals surface area contributed by atoms with Gasteiger partial charge in [-0.1, -0.05) is 44.2 Å². The van der Waals surface area contributed by atoms with Crippen molar-refractivity contribution >= 4 is 15.6 Å². The quantitative estimate of drug-likeness (QED) is 0.678. The third-order valence-electron chi connectivity index (χ3n) is 5.44. The first-order valence-electron chi connectivity index (χ1n) is 10.0. The summed E-state index contributed by atoms with van der Waals surface area (Å²) in [4.78, 5) is 18.6. The largest absolute Gasteiger partial charge is 0.313 e. The zero-order valence-corrected chi connectivity index (χ0v) is 17.5. The number of piperidine rings is 1. The molecule has 0 bridgehead atoms. The number of aromatic nitrogens is 2.